The second kappa shape index (κ2) is 13.0. The zero-order valence-corrected chi connectivity index (χ0v) is 21.6. The number of hydrogen-bond donors (Lipinski definition) is 2. The Morgan fingerprint density at radius 1 is 0.972 bits per heavy atom. The van der Waals surface area contributed by atoms with Crippen molar-refractivity contribution in [3.63, 3.8) is 0 Å². The van der Waals surface area contributed by atoms with E-state index in [-0.39, 0.29) is 5.92 Å². The van der Waals surface area contributed by atoms with Gasteiger partial charge in [0.25, 0.3) is 11.8 Å². The van der Waals surface area contributed by atoms with E-state index in [0.717, 1.165) is 5.56 Å². The van der Waals surface area contributed by atoms with Gasteiger partial charge in [0.15, 0.2) is 11.5 Å². The molecule has 0 aliphatic heterocycles. The van der Waals surface area contributed by atoms with E-state index in [4.69, 9.17) is 32.7 Å². The highest BCUT2D eigenvalue weighted by Crippen LogP contribution is 2.28. The van der Waals surface area contributed by atoms with Crippen molar-refractivity contribution in [3.05, 3.63) is 93.5 Å². The molecule has 0 heterocycles. The number of hydrogen-bond acceptors (Lipinski definition) is 5. The van der Waals surface area contributed by atoms with E-state index >= 15 is 0 Å². The number of hydrazone groups is 1. The van der Waals surface area contributed by atoms with E-state index < -0.39 is 17.9 Å². The van der Waals surface area contributed by atoms with E-state index in [1.54, 1.807) is 61.7 Å². The summed E-state index contributed by atoms with van der Waals surface area (Å²) in [6.45, 7) is 4.02. The number of carbonyl (C=O) groups excluding carboxylic acids is 2. The topological polar surface area (TPSA) is 89.0 Å². The lowest BCUT2D eigenvalue weighted by molar-refractivity contribution is -0.123. The monoisotopic (exact) mass is 527 g/mol. The maximum atomic E-state index is 12.7. The van der Waals surface area contributed by atoms with Crippen LogP contribution < -0.4 is 20.2 Å². The maximum Gasteiger partial charge on any atom is 0.262 e. The van der Waals surface area contributed by atoms with Crippen LogP contribution in [-0.2, 0) is 11.4 Å². The number of halogens is 2. The molecule has 188 valence electrons. The summed E-state index contributed by atoms with van der Waals surface area (Å²) in [7, 11) is 1.54. The summed E-state index contributed by atoms with van der Waals surface area (Å²) in [6, 6.07) is 18.4. The summed E-state index contributed by atoms with van der Waals surface area (Å²) < 4.78 is 11.3. The lowest BCUT2D eigenvalue weighted by Gasteiger charge is -2.20. The van der Waals surface area contributed by atoms with Crippen molar-refractivity contribution in [1.82, 2.24) is 10.7 Å². The zero-order chi connectivity index (χ0) is 26.1. The van der Waals surface area contributed by atoms with Gasteiger partial charge in [0, 0.05) is 15.6 Å². The predicted octanol–water partition coefficient (Wildman–Crippen LogP) is 5.49. The van der Waals surface area contributed by atoms with E-state index in [1.165, 1.54) is 6.21 Å². The van der Waals surface area contributed by atoms with Crippen molar-refractivity contribution >= 4 is 41.2 Å². The van der Waals surface area contributed by atoms with Gasteiger partial charge in [-0.2, -0.15) is 5.10 Å². The number of nitrogens with one attached hydrogen (secondary N) is 2. The van der Waals surface area contributed by atoms with Gasteiger partial charge in [0.05, 0.1) is 13.3 Å². The smallest absolute Gasteiger partial charge is 0.262 e. The molecule has 0 radical (unpaired) electrons. The minimum absolute atomic E-state index is 0.166. The Morgan fingerprint density at radius 2 is 1.72 bits per heavy atom. The average molecular weight is 528 g/mol. The van der Waals surface area contributed by atoms with Crippen molar-refractivity contribution in [2.45, 2.75) is 26.5 Å². The zero-order valence-electron chi connectivity index (χ0n) is 20.1. The fourth-order valence-electron chi connectivity index (χ4n) is 3.25. The fourth-order valence-corrected chi connectivity index (χ4v) is 3.57. The summed E-state index contributed by atoms with van der Waals surface area (Å²) in [4.78, 5) is 25.3. The number of amides is 2. The van der Waals surface area contributed by atoms with Gasteiger partial charge in [-0.05, 0) is 65.6 Å². The molecule has 36 heavy (non-hydrogen) atoms. The standard InChI is InChI=1S/C27H27Cl2N3O4/c1-17(2)25(31-26(33)20-5-4-6-22(29)14-20)27(34)32-30-15-19-9-12-23(24(13-19)35-3)36-16-18-7-10-21(28)11-8-18/h4-15,17,25H,16H2,1-3H3,(H,31,33)(H,32,34). The third-order valence-corrected chi connectivity index (χ3v) is 5.69. The number of benzene rings is 3. The molecule has 0 fully saturated rings. The molecule has 0 aliphatic carbocycles. The van der Waals surface area contributed by atoms with E-state index in [0.29, 0.717) is 39.3 Å². The Balaban J connectivity index is 1.60. The first kappa shape index (κ1) is 27.0. The van der Waals surface area contributed by atoms with Crippen LogP contribution >= 0.6 is 23.2 Å². The molecule has 0 saturated carbocycles. The Labute approximate surface area is 220 Å². The molecule has 3 aromatic rings. The highest BCUT2D eigenvalue weighted by molar-refractivity contribution is 6.31. The highest BCUT2D eigenvalue weighted by Gasteiger charge is 2.24. The molecule has 3 aromatic carbocycles. The predicted molar refractivity (Wildman–Crippen MR) is 142 cm³/mol. The second-order valence-electron chi connectivity index (χ2n) is 8.27. The van der Waals surface area contributed by atoms with Crippen molar-refractivity contribution < 1.29 is 19.1 Å². The molecular weight excluding hydrogens is 501 g/mol. The quantitative estimate of drug-likeness (QED) is 0.269. The van der Waals surface area contributed by atoms with Crippen LogP contribution in [0.5, 0.6) is 11.5 Å². The lowest BCUT2D eigenvalue weighted by atomic mass is 10.0. The SMILES string of the molecule is COc1cc(C=NNC(=O)C(NC(=O)c2cccc(Cl)c2)C(C)C)ccc1OCc1ccc(Cl)cc1. The minimum atomic E-state index is -0.785. The number of methoxy groups -OCH3 is 1. The summed E-state index contributed by atoms with van der Waals surface area (Å²) in [6.07, 6.45) is 1.49. The maximum absolute atomic E-state index is 12.7. The molecular formula is C27H27Cl2N3O4. The van der Waals surface area contributed by atoms with Gasteiger partial charge >= 0.3 is 0 Å². The lowest BCUT2D eigenvalue weighted by Crippen LogP contribution is -2.48. The molecule has 0 aromatic heterocycles. The van der Waals surface area contributed by atoms with Gasteiger partial charge in [0.2, 0.25) is 0 Å². The Hall–Kier alpha value is -3.55. The number of carbonyl (C=O) groups is 2. The second-order valence-corrected chi connectivity index (χ2v) is 9.14. The molecule has 2 amide bonds. The first-order valence-electron chi connectivity index (χ1n) is 11.2. The Morgan fingerprint density at radius 3 is 2.39 bits per heavy atom. The number of ether oxygens (including phenoxy) is 2. The fraction of sp³-hybridized carbons (Fsp3) is 0.222. The molecule has 1 unspecified atom stereocenters. The molecule has 0 saturated heterocycles. The van der Waals surface area contributed by atoms with Crippen LogP contribution in [0.2, 0.25) is 10.0 Å². The van der Waals surface area contributed by atoms with Gasteiger partial charge in [-0.15, -0.1) is 0 Å². The molecule has 2 N–H and O–H groups in total. The van der Waals surface area contributed by atoms with Crippen LogP contribution in [0, 0.1) is 5.92 Å². The van der Waals surface area contributed by atoms with Crippen molar-refractivity contribution in [1.29, 1.82) is 0 Å². The summed E-state index contributed by atoms with van der Waals surface area (Å²) in [5, 5.41) is 7.88. The van der Waals surface area contributed by atoms with Crippen molar-refractivity contribution in [2.75, 3.05) is 7.11 Å². The van der Waals surface area contributed by atoms with E-state index in [1.807, 2.05) is 26.0 Å². The van der Waals surface area contributed by atoms with Gasteiger partial charge < -0.3 is 14.8 Å². The molecule has 3 rings (SSSR count). The average Bonchev–Trinajstić information content (AvgIpc) is 2.86. The van der Waals surface area contributed by atoms with Gasteiger partial charge in [-0.25, -0.2) is 5.43 Å². The largest absolute Gasteiger partial charge is 0.493 e. The highest BCUT2D eigenvalue weighted by atomic mass is 35.5. The summed E-state index contributed by atoms with van der Waals surface area (Å²) in [5.74, 6) is 0.0894. The van der Waals surface area contributed by atoms with Crippen LogP contribution in [0.1, 0.15) is 35.3 Å². The van der Waals surface area contributed by atoms with E-state index in [2.05, 4.69) is 15.8 Å². The summed E-state index contributed by atoms with van der Waals surface area (Å²) >= 11 is 11.9. The molecule has 0 spiro atoms. The first-order chi connectivity index (χ1) is 17.3. The first-order valence-corrected chi connectivity index (χ1v) is 12.0. The molecule has 7 nitrogen and oxygen atoms in total. The summed E-state index contributed by atoms with van der Waals surface area (Å²) in [5.41, 5.74) is 4.52. The third-order valence-electron chi connectivity index (χ3n) is 5.21. The van der Waals surface area contributed by atoms with Crippen LogP contribution in [0.4, 0.5) is 0 Å². The normalized spacial score (nSPS) is 11.8. The van der Waals surface area contributed by atoms with Crippen LogP contribution in [0.25, 0.3) is 0 Å². The third kappa shape index (κ3) is 7.73. The van der Waals surface area contributed by atoms with Crippen molar-refractivity contribution in [3.8, 4) is 11.5 Å². The molecule has 0 bridgehead atoms. The van der Waals surface area contributed by atoms with Crippen LogP contribution in [0.3, 0.4) is 0 Å². The molecule has 1 atom stereocenters. The molecule has 9 heteroatoms. The van der Waals surface area contributed by atoms with Gasteiger partial charge in [0.1, 0.15) is 12.6 Å². The minimum Gasteiger partial charge on any atom is -0.493 e. The Bertz CT molecular complexity index is 1230. The van der Waals surface area contributed by atoms with E-state index in [9.17, 15) is 9.59 Å². The van der Waals surface area contributed by atoms with Crippen LogP contribution in [-0.4, -0.2) is 31.2 Å². The number of rotatable bonds is 10. The van der Waals surface area contributed by atoms with Crippen LogP contribution in [0.15, 0.2) is 71.8 Å². The number of nitrogens with zero attached hydrogens (tertiary/aromatic N) is 1. The van der Waals surface area contributed by atoms with Gasteiger partial charge in [-0.1, -0.05) is 55.2 Å². The Kier molecular flexibility index (Phi) is 9.73. The van der Waals surface area contributed by atoms with Crippen molar-refractivity contribution in [2.24, 2.45) is 11.0 Å². The van der Waals surface area contributed by atoms with Gasteiger partial charge in [-0.3, -0.25) is 9.59 Å². The molecule has 0 aliphatic rings.